The molecule has 2 nitrogen and oxygen atoms in total. The predicted molar refractivity (Wildman–Crippen MR) is 283 cm³/mol. The first-order valence-corrected chi connectivity index (χ1v) is 23.8. The van der Waals surface area contributed by atoms with Crippen LogP contribution in [0, 0.1) is 23.3 Å². The number of para-hydroxylation sites is 2. The molecule has 72 heavy (non-hydrogen) atoms. The largest absolute Gasteiger partial charge is 0.454 e. The Balaban J connectivity index is 1.14. The average molecular weight is 940 g/mol. The maximum absolute atomic E-state index is 17.0. The monoisotopic (exact) mass is 939 g/mol. The Morgan fingerprint density at radius 3 is 1.29 bits per heavy atom. The molecule has 0 radical (unpaired) electrons. The van der Waals surface area contributed by atoms with E-state index >= 15 is 17.6 Å². The van der Waals surface area contributed by atoms with Crippen molar-refractivity contribution in [3.8, 4) is 22.3 Å². The van der Waals surface area contributed by atoms with Crippen LogP contribution in [0.4, 0.5) is 34.6 Å². The number of hydrogen-bond donors (Lipinski definition) is 0. The van der Waals surface area contributed by atoms with Crippen molar-refractivity contribution < 1.29 is 22.0 Å². The van der Waals surface area contributed by atoms with Gasteiger partial charge < -0.3 is 9.32 Å². The number of rotatable bonds is 9. The summed E-state index contributed by atoms with van der Waals surface area (Å²) in [4.78, 5) is 2.09. The molecule has 2 aliphatic carbocycles. The molecule has 2 aliphatic rings. The first kappa shape index (κ1) is 43.1. The molecule has 0 fully saturated rings. The minimum absolute atomic E-state index is 0.0971. The van der Waals surface area contributed by atoms with E-state index in [1.165, 1.54) is 36.4 Å². The Labute approximate surface area is 413 Å². The molecule has 6 heteroatoms. The number of anilines is 3. The van der Waals surface area contributed by atoms with Gasteiger partial charge in [0.2, 0.25) is 0 Å². The summed E-state index contributed by atoms with van der Waals surface area (Å²) >= 11 is 0. The molecular formula is C66H41F4NO. The van der Waals surface area contributed by atoms with Crippen molar-refractivity contribution in [1.29, 1.82) is 0 Å². The Kier molecular flexibility index (Phi) is 9.74. The minimum Gasteiger partial charge on any atom is -0.454 e. The average Bonchev–Trinajstić information content (AvgIpc) is 4.04. The van der Waals surface area contributed by atoms with Gasteiger partial charge in [0.05, 0.1) is 16.5 Å². The molecule has 0 aliphatic heterocycles. The van der Waals surface area contributed by atoms with E-state index in [1.807, 2.05) is 176 Å². The van der Waals surface area contributed by atoms with Gasteiger partial charge in [-0.15, -0.1) is 0 Å². The van der Waals surface area contributed by atoms with Gasteiger partial charge in [-0.1, -0.05) is 177 Å². The van der Waals surface area contributed by atoms with Crippen LogP contribution in [0.1, 0.15) is 55.6 Å². The minimum atomic E-state index is -1.47. The summed E-state index contributed by atoms with van der Waals surface area (Å²) < 4.78 is 74.7. The van der Waals surface area contributed by atoms with Gasteiger partial charge in [-0.25, -0.2) is 17.6 Å². The summed E-state index contributed by atoms with van der Waals surface area (Å²) in [6.07, 6.45) is 3.48. The fourth-order valence-electron chi connectivity index (χ4n) is 12.0. The van der Waals surface area contributed by atoms with Crippen molar-refractivity contribution in [2.75, 3.05) is 4.90 Å². The Hall–Kier alpha value is -9.00. The van der Waals surface area contributed by atoms with Crippen molar-refractivity contribution in [2.24, 2.45) is 0 Å². The smallest absolute Gasteiger partial charge is 0.159 e. The van der Waals surface area contributed by atoms with Crippen LogP contribution in [0.25, 0.3) is 56.3 Å². The molecule has 344 valence electrons. The fraction of sp³-hybridized carbons (Fsp3) is 0.0303. The lowest BCUT2D eigenvalue weighted by molar-refractivity contribution is 0.526. The van der Waals surface area contributed by atoms with E-state index < -0.39 is 34.1 Å². The second-order valence-corrected chi connectivity index (χ2v) is 18.5. The highest BCUT2D eigenvalue weighted by Gasteiger charge is 2.51. The van der Waals surface area contributed by atoms with E-state index in [1.54, 1.807) is 12.2 Å². The third-order valence-electron chi connectivity index (χ3n) is 15.0. The van der Waals surface area contributed by atoms with Gasteiger partial charge in [-0.05, 0) is 127 Å². The Bertz CT molecular complexity index is 3790. The number of furan rings is 1. The normalized spacial score (nSPS) is 16.3. The molecule has 0 amide bonds. The number of halogens is 4. The van der Waals surface area contributed by atoms with Crippen LogP contribution >= 0.6 is 0 Å². The van der Waals surface area contributed by atoms with Crippen molar-refractivity contribution in [3.05, 3.63) is 304 Å². The molecule has 2 atom stereocenters. The zero-order valence-electron chi connectivity index (χ0n) is 38.6. The van der Waals surface area contributed by atoms with E-state index in [0.717, 1.165) is 55.3 Å². The second-order valence-electron chi connectivity index (χ2n) is 18.5. The van der Waals surface area contributed by atoms with E-state index in [2.05, 4.69) is 18.1 Å². The number of benzene rings is 10. The van der Waals surface area contributed by atoms with Gasteiger partial charge in [-0.3, -0.25) is 0 Å². The van der Waals surface area contributed by atoms with E-state index in [-0.39, 0.29) is 11.1 Å². The van der Waals surface area contributed by atoms with Crippen LogP contribution < -0.4 is 4.90 Å². The fourth-order valence-corrected chi connectivity index (χ4v) is 12.0. The third kappa shape index (κ3) is 5.96. The van der Waals surface area contributed by atoms with Crippen molar-refractivity contribution >= 4 is 51.2 Å². The lowest BCUT2D eigenvalue weighted by Gasteiger charge is -2.36. The molecule has 0 spiro atoms. The standard InChI is InChI=1S/C66H41F4NO/c1-3-40-26-30-42(31-27-40)65(62-56(67)20-12-21-57(62)68)52-18-8-5-14-46(52)48-36-34-44(38-54(48)65)71(60-24-11-17-51-50-16-7-10-25-61(50)72-64(51)60)45-35-37-49-47-15-6-9-19-53(47)66(55(49)39-45,43-32-28-41(4-2)29-33-43)63-58(69)22-13-23-59(63)70/h3-39H,1-2H2. The quantitative estimate of drug-likeness (QED) is 0.134. The first-order chi connectivity index (χ1) is 35.3. The number of fused-ring (bicyclic) bond motifs is 9. The summed E-state index contributed by atoms with van der Waals surface area (Å²) in [5.41, 5.74) is 9.27. The van der Waals surface area contributed by atoms with Crippen LogP contribution in [0.5, 0.6) is 0 Å². The number of nitrogens with zero attached hydrogens (tertiary/aromatic N) is 1. The first-order valence-electron chi connectivity index (χ1n) is 23.8. The molecule has 2 unspecified atom stereocenters. The molecule has 0 saturated carbocycles. The van der Waals surface area contributed by atoms with Gasteiger partial charge in [0, 0.05) is 33.3 Å². The highest BCUT2D eigenvalue weighted by molar-refractivity contribution is 6.10. The zero-order valence-corrected chi connectivity index (χ0v) is 38.6. The maximum atomic E-state index is 17.0. The Morgan fingerprint density at radius 1 is 0.389 bits per heavy atom. The maximum Gasteiger partial charge on any atom is 0.159 e. The molecule has 13 rings (SSSR count). The summed E-state index contributed by atoms with van der Waals surface area (Å²) in [5, 5.41) is 1.81. The highest BCUT2D eigenvalue weighted by atomic mass is 19.1. The van der Waals surface area contributed by atoms with Crippen molar-refractivity contribution in [2.45, 2.75) is 10.8 Å². The van der Waals surface area contributed by atoms with Gasteiger partial charge >= 0.3 is 0 Å². The number of hydrogen-bond acceptors (Lipinski definition) is 2. The van der Waals surface area contributed by atoms with Crippen LogP contribution in [-0.2, 0) is 10.8 Å². The van der Waals surface area contributed by atoms with Crippen LogP contribution in [-0.4, -0.2) is 0 Å². The Morgan fingerprint density at radius 2 is 0.806 bits per heavy atom. The van der Waals surface area contributed by atoms with Gasteiger partial charge in [0.1, 0.15) is 28.9 Å². The molecule has 11 aromatic rings. The molecule has 1 aromatic heterocycles. The van der Waals surface area contributed by atoms with Crippen LogP contribution in [0.15, 0.2) is 230 Å². The summed E-state index contributed by atoms with van der Waals surface area (Å²) in [6, 6.07) is 65.1. The molecule has 0 saturated heterocycles. The molecule has 10 aromatic carbocycles. The highest BCUT2D eigenvalue weighted by Crippen LogP contribution is 2.61. The van der Waals surface area contributed by atoms with Crippen molar-refractivity contribution in [1.82, 2.24) is 0 Å². The van der Waals surface area contributed by atoms with E-state index in [4.69, 9.17) is 4.42 Å². The molecule has 1 heterocycles. The topological polar surface area (TPSA) is 16.4 Å². The van der Waals surface area contributed by atoms with Crippen LogP contribution in [0.2, 0.25) is 0 Å². The van der Waals surface area contributed by atoms with Crippen LogP contribution in [0.3, 0.4) is 0 Å². The van der Waals surface area contributed by atoms with Gasteiger partial charge in [-0.2, -0.15) is 0 Å². The third-order valence-corrected chi connectivity index (χ3v) is 15.0. The summed E-state index contributed by atoms with van der Waals surface area (Å²) in [5.74, 6) is -2.74. The van der Waals surface area contributed by atoms with Crippen molar-refractivity contribution in [3.63, 3.8) is 0 Å². The van der Waals surface area contributed by atoms with E-state index in [0.29, 0.717) is 50.5 Å². The predicted octanol–water partition coefficient (Wildman–Crippen LogP) is 17.6. The SMILES string of the molecule is C=Cc1ccc(C2(c3c(F)cccc3F)c3ccccc3-c3ccc(N(c4ccc5c(c4)C(c4ccc(C=C)cc4)(c4c(F)cccc4F)c4ccccc4-5)c4cccc5c4oc4ccccc45)cc32)cc1. The molecular weight excluding hydrogens is 899 g/mol. The van der Waals surface area contributed by atoms with Gasteiger partial charge in [0.25, 0.3) is 0 Å². The van der Waals surface area contributed by atoms with E-state index in [9.17, 15) is 0 Å². The molecule has 0 N–H and O–H groups in total. The summed E-state index contributed by atoms with van der Waals surface area (Å²) in [7, 11) is 0. The summed E-state index contributed by atoms with van der Waals surface area (Å²) in [6.45, 7) is 7.95. The lowest BCUT2D eigenvalue weighted by atomic mass is 9.67. The molecule has 0 bridgehead atoms. The lowest BCUT2D eigenvalue weighted by Crippen LogP contribution is -2.31. The van der Waals surface area contributed by atoms with Gasteiger partial charge in [0.15, 0.2) is 5.58 Å². The second kappa shape index (κ2) is 16.3. The zero-order chi connectivity index (χ0) is 48.9.